The summed E-state index contributed by atoms with van der Waals surface area (Å²) in [6, 6.07) is 5.30. The van der Waals surface area contributed by atoms with Gasteiger partial charge < -0.3 is 20.1 Å². The molecular weight excluding hydrogens is 316 g/mol. The Hall–Kier alpha value is -1.30. The molecule has 0 bridgehead atoms. The van der Waals surface area contributed by atoms with Crippen LogP contribution in [0, 0.1) is 5.92 Å². The molecule has 0 aliphatic carbocycles. The van der Waals surface area contributed by atoms with Crippen LogP contribution in [0.4, 0.5) is 5.69 Å². The van der Waals surface area contributed by atoms with Crippen LogP contribution >= 0.6 is 11.6 Å². The van der Waals surface area contributed by atoms with E-state index in [1.165, 1.54) is 0 Å². The smallest absolute Gasteiger partial charge is 0.241 e. The average Bonchev–Trinajstić information content (AvgIpc) is 2.53. The van der Waals surface area contributed by atoms with Crippen molar-refractivity contribution in [2.24, 2.45) is 5.92 Å². The van der Waals surface area contributed by atoms with Crippen LogP contribution in [0.2, 0.25) is 5.02 Å². The highest BCUT2D eigenvalue weighted by Gasteiger charge is 2.26. The first kappa shape index (κ1) is 18.0. The van der Waals surface area contributed by atoms with E-state index in [0.717, 1.165) is 26.1 Å². The minimum atomic E-state index is -0.251. The normalized spacial score (nSPS) is 17.1. The van der Waals surface area contributed by atoms with E-state index in [2.05, 4.69) is 10.6 Å². The number of anilines is 1. The number of methoxy groups -OCH3 is 1. The topological polar surface area (TPSA) is 59.6 Å². The van der Waals surface area contributed by atoms with Crippen molar-refractivity contribution in [3.8, 4) is 5.75 Å². The molecule has 128 valence electrons. The van der Waals surface area contributed by atoms with E-state index in [9.17, 15) is 4.79 Å². The Balaban J connectivity index is 2.01. The van der Waals surface area contributed by atoms with Crippen molar-refractivity contribution in [1.29, 1.82) is 0 Å². The number of halogens is 1. The summed E-state index contributed by atoms with van der Waals surface area (Å²) in [6.45, 7) is 5.57. The zero-order valence-corrected chi connectivity index (χ0v) is 14.7. The van der Waals surface area contributed by atoms with E-state index in [4.69, 9.17) is 21.1 Å². The SMILES string of the molecule is COc1ccc(NC(=O)[C@H](NC2CCOCC2)C(C)C)cc1Cl. The Morgan fingerprint density at radius 1 is 1.35 bits per heavy atom. The van der Waals surface area contributed by atoms with Crippen LogP contribution < -0.4 is 15.4 Å². The predicted octanol–water partition coefficient (Wildman–Crippen LogP) is 3.08. The lowest BCUT2D eigenvalue weighted by Crippen LogP contribution is -2.50. The summed E-state index contributed by atoms with van der Waals surface area (Å²) in [5.41, 5.74) is 0.667. The Kier molecular flexibility index (Phi) is 6.69. The van der Waals surface area contributed by atoms with Gasteiger partial charge in [0.15, 0.2) is 0 Å². The predicted molar refractivity (Wildman–Crippen MR) is 92.2 cm³/mol. The van der Waals surface area contributed by atoms with Gasteiger partial charge in [-0.2, -0.15) is 0 Å². The van der Waals surface area contributed by atoms with Gasteiger partial charge in [0.2, 0.25) is 5.91 Å². The lowest BCUT2D eigenvalue weighted by molar-refractivity contribution is -0.119. The molecule has 1 heterocycles. The molecule has 1 saturated heterocycles. The molecule has 1 amide bonds. The minimum Gasteiger partial charge on any atom is -0.495 e. The monoisotopic (exact) mass is 340 g/mol. The summed E-state index contributed by atoms with van der Waals surface area (Å²) in [5.74, 6) is 0.727. The highest BCUT2D eigenvalue weighted by Crippen LogP contribution is 2.27. The van der Waals surface area contributed by atoms with Crippen molar-refractivity contribution in [2.45, 2.75) is 38.8 Å². The maximum atomic E-state index is 12.6. The molecule has 5 nitrogen and oxygen atoms in total. The van der Waals surface area contributed by atoms with E-state index in [-0.39, 0.29) is 17.9 Å². The van der Waals surface area contributed by atoms with Crippen LogP contribution in [0.1, 0.15) is 26.7 Å². The average molecular weight is 341 g/mol. The second kappa shape index (κ2) is 8.52. The first-order valence-corrected chi connectivity index (χ1v) is 8.37. The maximum Gasteiger partial charge on any atom is 0.241 e. The van der Waals surface area contributed by atoms with E-state index in [1.807, 2.05) is 13.8 Å². The number of ether oxygens (including phenoxy) is 2. The van der Waals surface area contributed by atoms with E-state index >= 15 is 0 Å². The third-order valence-corrected chi connectivity index (χ3v) is 4.30. The fourth-order valence-corrected chi connectivity index (χ4v) is 2.91. The van der Waals surface area contributed by atoms with Crippen molar-refractivity contribution in [1.82, 2.24) is 5.32 Å². The summed E-state index contributed by atoms with van der Waals surface area (Å²) in [5, 5.41) is 6.87. The number of carbonyl (C=O) groups excluding carboxylic acids is 1. The summed E-state index contributed by atoms with van der Waals surface area (Å²) >= 11 is 6.10. The van der Waals surface area contributed by atoms with Gasteiger partial charge in [-0.15, -0.1) is 0 Å². The van der Waals surface area contributed by atoms with Crippen LogP contribution in [0.5, 0.6) is 5.75 Å². The number of benzene rings is 1. The second-order valence-electron chi connectivity index (χ2n) is 6.11. The Bertz CT molecular complexity index is 531. The molecule has 0 saturated carbocycles. The van der Waals surface area contributed by atoms with Gasteiger partial charge in [0.05, 0.1) is 18.2 Å². The Labute approximate surface area is 142 Å². The van der Waals surface area contributed by atoms with E-state index < -0.39 is 0 Å². The first-order chi connectivity index (χ1) is 11.0. The van der Waals surface area contributed by atoms with Gasteiger partial charge in [-0.25, -0.2) is 0 Å². The zero-order chi connectivity index (χ0) is 16.8. The van der Waals surface area contributed by atoms with Gasteiger partial charge in [0.1, 0.15) is 5.75 Å². The quantitative estimate of drug-likeness (QED) is 0.835. The number of hydrogen-bond donors (Lipinski definition) is 2. The number of amides is 1. The lowest BCUT2D eigenvalue weighted by Gasteiger charge is -2.30. The zero-order valence-electron chi connectivity index (χ0n) is 13.9. The molecule has 1 fully saturated rings. The fraction of sp³-hybridized carbons (Fsp3) is 0.588. The molecule has 23 heavy (non-hydrogen) atoms. The molecule has 0 spiro atoms. The Morgan fingerprint density at radius 2 is 2.04 bits per heavy atom. The van der Waals surface area contributed by atoms with Crippen molar-refractivity contribution >= 4 is 23.2 Å². The second-order valence-corrected chi connectivity index (χ2v) is 6.52. The van der Waals surface area contributed by atoms with Crippen LogP contribution in [-0.2, 0) is 9.53 Å². The van der Waals surface area contributed by atoms with Gasteiger partial charge in [-0.1, -0.05) is 25.4 Å². The standard InChI is InChI=1S/C17H25ClN2O3/c1-11(2)16(19-12-6-8-23-9-7-12)17(21)20-13-4-5-15(22-3)14(18)10-13/h4-5,10-12,16,19H,6-9H2,1-3H3,(H,20,21)/t16-/m1/s1. The maximum absolute atomic E-state index is 12.6. The summed E-state index contributed by atoms with van der Waals surface area (Å²) in [4.78, 5) is 12.6. The molecule has 1 aromatic carbocycles. The lowest BCUT2D eigenvalue weighted by atomic mass is 10.00. The fourth-order valence-electron chi connectivity index (χ4n) is 2.65. The Morgan fingerprint density at radius 3 is 2.61 bits per heavy atom. The van der Waals surface area contributed by atoms with Gasteiger partial charge in [0.25, 0.3) is 0 Å². The summed E-state index contributed by atoms with van der Waals surface area (Å²) < 4.78 is 10.5. The third-order valence-electron chi connectivity index (χ3n) is 4.01. The number of carbonyl (C=O) groups is 1. The van der Waals surface area contributed by atoms with Crippen molar-refractivity contribution in [3.05, 3.63) is 23.2 Å². The number of rotatable bonds is 6. The van der Waals surface area contributed by atoms with Crippen LogP contribution in [0.3, 0.4) is 0 Å². The molecule has 1 aliphatic rings. The largest absolute Gasteiger partial charge is 0.495 e. The van der Waals surface area contributed by atoms with Crippen LogP contribution in [0.25, 0.3) is 0 Å². The molecule has 0 radical (unpaired) electrons. The third kappa shape index (κ3) is 5.09. The molecule has 2 rings (SSSR count). The molecule has 1 atom stereocenters. The summed E-state index contributed by atoms with van der Waals surface area (Å²) in [7, 11) is 1.56. The molecule has 1 aliphatic heterocycles. The molecule has 1 aromatic rings. The highest BCUT2D eigenvalue weighted by atomic mass is 35.5. The number of nitrogens with one attached hydrogen (secondary N) is 2. The van der Waals surface area contributed by atoms with Gasteiger partial charge >= 0.3 is 0 Å². The number of hydrogen-bond acceptors (Lipinski definition) is 4. The van der Waals surface area contributed by atoms with E-state index in [1.54, 1.807) is 25.3 Å². The van der Waals surface area contributed by atoms with Gasteiger partial charge in [-0.3, -0.25) is 4.79 Å². The molecule has 6 heteroatoms. The van der Waals surface area contributed by atoms with Crippen molar-refractivity contribution < 1.29 is 14.3 Å². The van der Waals surface area contributed by atoms with E-state index in [0.29, 0.717) is 22.5 Å². The molecule has 0 unspecified atom stereocenters. The summed E-state index contributed by atoms with van der Waals surface area (Å²) in [6.07, 6.45) is 1.87. The minimum absolute atomic E-state index is 0.0484. The van der Waals surface area contributed by atoms with Crippen LogP contribution in [-0.4, -0.2) is 38.3 Å². The van der Waals surface area contributed by atoms with Gasteiger partial charge in [-0.05, 0) is 37.0 Å². The highest BCUT2D eigenvalue weighted by molar-refractivity contribution is 6.32. The molecule has 0 aromatic heterocycles. The van der Waals surface area contributed by atoms with Crippen LogP contribution in [0.15, 0.2) is 18.2 Å². The first-order valence-electron chi connectivity index (χ1n) is 7.99. The van der Waals surface area contributed by atoms with Crippen molar-refractivity contribution in [3.63, 3.8) is 0 Å². The molecular formula is C17H25ClN2O3. The van der Waals surface area contributed by atoms with Crippen molar-refractivity contribution in [2.75, 3.05) is 25.6 Å². The van der Waals surface area contributed by atoms with Gasteiger partial charge in [0, 0.05) is 24.9 Å². The molecule has 2 N–H and O–H groups in total.